The average molecular weight is 953 g/mol. The minimum absolute atomic E-state index is 0.0195. The average Bonchev–Trinajstić information content (AvgIpc) is 4.13. The Morgan fingerprint density at radius 2 is 1.11 bits per heavy atom. The summed E-state index contributed by atoms with van der Waals surface area (Å²) in [4.78, 5) is 1.31. The van der Waals surface area contributed by atoms with E-state index in [-0.39, 0.29) is 10.8 Å². The summed E-state index contributed by atoms with van der Waals surface area (Å²) in [6, 6.07) is 66.6. The van der Waals surface area contributed by atoms with Crippen LogP contribution in [-0.4, -0.2) is 11.8 Å². The summed E-state index contributed by atoms with van der Waals surface area (Å²) in [5, 5.41) is 13.4. The highest BCUT2D eigenvalue weighted by molar-refractivity contribution is 7.27. The molecule has 9 aromatic carbocycles. The zero-order valence-corrected chi connectivity index (χ0v) is 42.6. The van der Waals surface area contributed by atoms with Crippen molar-refractivity contribution in [1.29, 1.82) is 0 Å². The first-order valence-corrected chi connectivity index (χ1v) is 26.9. The summed E-state index contributed by atoms with van der Waals surface area (Å²) >= 11 is 5.78. The number of hydrogen-bond acceptors (Lipinski definition) is 4. The van der Waals surface area contributed by atoms with E-state index in [0.717, 1.165) is 18.7 Å². The maximum atomic E-state index is 4.06. The maximum Gasteiger partial charge on any atom is 0.198 e. The topological polar surface area (TPSA) is 17.0 Å². The number of rotatable bonds is 5. The van der Waals surface area contributed by atoms with Gasteiger partial charge in [-0.3, -0.25) is 0 Å². The van der Waals surface area contributed by atoms with E-state index in [4.69, 9.17) is 0 Å². The summed E-state index contributed by atoms with van der Waals surface area (Å²) in [6.07, 6.45) is 0. The third-order valence-electron chi connectivity index (χ3n) is 14.9. The molecule has 1 N–H and O–H groups in total. The molecule has 4 aromatic heterocycles. The van der Waals surface area contributed by atoms with Crippen LogP contribution in [0.1, 0.15) is 52.7 Å². The summed E-state index contributed by atoms with van der Waals surface area (Å²) in [6.45, 7) is 13.9. The lowest BCUT2D eigenvalue weighted by molar-refractivity contribution is 0.590. The van der Waals surface area contributed by atoms with Crippen molar-refractivity contribution in [1.82, 2.24) is 4.57 Å². The van der Waals surface area contributed by atoms with Gasteiger partial charge in [0.1, 0.15) is 0 Å². The molecule has 6 heteroatoms. The van der Waals surface area contributed by atoms with Crippen molar-refractivity contribution in [2.24, 2.45) is 0 Å². The second-order valence-corrected chi connectivity index (χ2v) is 24.5. The highest BCUT2D eigenvalue weighted by Gasteiger charge is 2.33. The SMILES string of the molecule is CC(C)(C)c1ccc(Nc2cc3sc4ccccc4c3cc2-c2c3c4c(c5cc(C(C)(C)C)ccc5n4-c4cc5c(-c6ccccc6)c(-c6ccccc6)sc5cc4B3)c3sc4ccccc4c23)cc1. The Labute approximate surface area is 420 Å². The summed E-state index contributed by atoms with van der Waals surface area (Å²) < 4.78 is 9.26. The predicted octanol–water partition coefficient (Wildman–Crippen LogP) is 17.8. The highest BCUT2D eigenvalue weighted by Crippen LogP contribution is 2.52. The Balaban J connectivity index is 1.14. The monoisotopic (exact) mass is 952 g/mol. The van der Waals surface area contributed by atoms with E-state index >= 15 is 0 Å². The summed E-state index contributed by atoms with van der Waals surface area (Å²) in [7, 11) is 0.807. The van der Waals surface area contributed by atoms with Crippen LogP contribution >= 0.6 is 34.0 Å². The lowest BCUT2D eigenvalue weighted by Gasteiger charge is -2.25. The van der Waals surface area contributed by atoms with Gasteiger partial charge in [0, 0.05) is 94.3 Å². The Kier molecular flexibility index (Phi) is 9.16. The predicted molar refractivity (Wildman–Crippen MR) is 312 cm³/mol. The molecule has 0 spiro atoms. The van der Waals surface area contributed by atoms with Crippen LogP contribution in [0.3, 0.4) is 0 Å². The molecule has 0 bridgehead atoms. The Morgan fingerprint density at radius 3 is 1.84 bits per heavy atom. The van der Waals surface area contributed by atoms with Crippen molar-refractivity contribution in [2.75, 3.05) is 5.32 Å². The molecule has 0 atom stereocenters. The van der Waals surface area contributed by atoms with Crippen LogP contribution in [-0.2, 0) is 10.8 Å². The summed E-state index contributed by atoms with van der Waals surface area (Å²) in [5.74, 6) is 0. The van der Waals surface area contributed by atoms with Crippen molar-refractivity contribution >= 4 is 136 Å². The van der Waals surface area contributed by atoms with E-state index in [1.807, 2.05) is 34.0 Å². The molecule has 0 fully saturated rings. The minimum Gasteiger partial charge on any atom is -0.355 e. The van der Waals surface area contributed by atoms with Crippen LogP contribution < -0.4 is 16.2 Å². The van der Waals surface area contributed by atoms with Crippen LogP contribution in [0.5, 0.6) is 0 Å². The summed E-state index contributed by atoms with van der Waals surface area (Å²) in [5.41, 5.74) is 17.9. The fourth-order valence-corrected chi connectivity index (χ4v) is 15.1. The zero-order valence-electron chi connectivity index (χ0n) is 40.1. The first-order valence-electron chi connectivity index (χ1n) is 24.4. The number of nitrogens with zero attached hydrogens (tertiary/aromatic N) is 1. The molecule has 0 saturated heterocycles. The third-order valence-corrected chi connectivity index (χ3v) is 18.4. The number of nitrogens with one attached hydrogen (secondary N) is 1. The van der Waals surface area contributed by atoms with Crippen molar-refractivity contribution in [2.45, 2.75) is 52.4 Å². The molecule has 0 aliphatic carbocycles. The van der Waals surface area contributed by atoms with Crippen molar-refractivity contribution in [3.8, 4) is 38.4 Å². The second kappa shape index (κ2) is 15.3. The van der Waals surface area contributed by atoms with Crippen LogP contribution in [0.2, 0.25) is 0 Å². The van der Waals surface area contributed by atoms with Crippen LogP contribution in [0.4, 0.5) is 11.4 Å². The minimum atomic E-state index is -0.0195. The van der Waals surface area contributed by atoms with Gasteiger partial charge in [0.25, 0.3) is 0 Å². The number of thiophene rings is 3. The molecule has 336 valence electrons. The smallest absolute Gasteiger partial charge is 0.198 e. The van der Waals surface area contributed by atoms with Gasteiger partial charge in [-0.25, -0.2) is 0 Å². The molecule has 70 heavy (non-hydrogen) atoms. The van der Waals surface area contributed by atoms with E-state index in [0.29, 0.717) is 0 Å². The molecule has 0 amide bonds. The molecule has 0 unspecified atom stereocenters. The van der Waals surface area contributed by atoms with E-state index in [1.165, 1.54) is 133 Å². The standard InChI is InChI=1S/C64H49BN2S3/c1-63(2,3)38-25-28-40(29-26-38)66-48-35-54-43(41-21-13-15-23-51(41)68-54)32-44(48)56-57-42-22-14-16-24-52(42)69-62(57)58-45-31-39(64(4,5)6)27-30-49(45)67-50-33-46-53(34-47(50)65-59(56)60(58)67)70-61(37-19-11-8-12-20-37)55(46)36-17-9-7-10-18-36/h7-35,65-66H,1-6H3. The Morgan fingerprint density at radius 1 is 0.471 bits per heavy atom. The molecular weight excluding hydrogens is 904 g/mol. The maximum absolute atomic E-state index is 4.06. The second-order valence-electron chi connectivity index (χ2n) is 21.3. The van der Waals surface area contributed by atoms with Crippen molar-refractivity contribution in [3.05, 3.63) is 187 Å². The van der Waals surface area contributed by atoms with Gasteiger partial charge in [-0.15, -0.1) is 34.0 Å². The Bertz CT molecular complexity index is 4290. The largest absolute Gasteiger partial charge is 0.355 e. The van der Waals surface area contributed by atoms with E-state index in [2.05, 4.69) is 227 Å². The van der Waals surface area contributed by atoms with Gasteiger partial charge < -0.3 is 9.88 Å². The zero-order chi connectivity index (χ0) is 47.2. The van der Waals surface area contributed by atoms with Gasteiger partial charge in [-0.2, -0.15) is 0 Å². The number of benzene rings is 9. The highest BCUT2D eigenvalue weighted by atomic mass is 32.1. The first-order chi connectivity index (χ1) is 34.0. The van der Waals surface area contributed by atoms with Gasteiger partial charge in [0.15, 0.2) is 7.28 Å². The number of fused-ring (bicyclic) bond motifs is 13. The molecule has 0 radical (unpaired) electrons. The molecule has 5 heterocycles. The van der Waals surface area contributed by atoms with E-state index < -0.39 is 0 Å². The third kappa shape index (κ3) is 6.36. The van der Waals surface area contributed by atoms with E-state index in [9.17, 15) is 0 Å². The van der Waals surface area contributed by atoms with Crippen LogP contribution in [0, 0.1) is 0 Å². The Hall–Kier alpha value is -6.96. The van der Waals surface area contributed by atoms with Crippen molar-refractivity contribution in [3.63, 3.8) is 0 Å². The van der Waals surface area contributed by atoms with Crippen molar-refractivity contribution < 1.29 is 0 Å². The lowest BCUT2D eigenvalue weighted by Crippen LogP contribution is -2.37. The van der Waals surface area contributed by atoms with Gasteiger partial charge >= 0.3 is 0 Å². The molecule has 13 aromatic rings. The van der Waals surface area contributed by atoms with E-state index in [1.54, 1.807) is 0 Å². The fraction of sp³-hybridized carbons (Fsp3) is 0.125. The molecule has 14 rings (SSSR count). The number of anilines is 2. The van der Waals surface area contributed by atoms with Gasteiger partial charge in [0.05, 0.1) is 11.0 Å². The quantitative estimate of drug-likeness (QED) is 0.170. The van der Waals surface area contributed by atoms with Gasteiger partial charge in [0.2, 0.25) is 0 Å². The fourth-order valence-electron chi connectivity index (χ4n) is 11.4. The molecule has 0 saturated carbocycles. The first kappa shape index (κ1) is 42.0. The normalized spacial score (nSPS) is 12.8. The van der Waals surface area contributed by atoms with Gasteiger partial charge in [-0.05, 0) is 105 Å². The molecule has 2 nitrogen and oxygen atoms in total. The lowest BCUT2D eigenvalue weighted by atomic mass is 9.58. The molecule has 1 aliphatic rings. The molecular formula is C64H49BN2S3. The van der Waals surface area contributed by atoms with Gasteiger partial charge in [-0.1, -0.05) is 162 Å². The van der Waals surface area contributed by atoms with Crippen LogP contribution in [0.15, 0.2) is 176 Å². The van der Waals surface area contributed by atoms with Crippen LogP contribution in [0.25, 0.3) is 111 Å². The molecule has 1 aliphatic heterocycles. The number of aromatic nitrogens is 1. The number of hydrogen-bond donors (Lipinski definition) is 1.